The van der Waals surface area contributed by atoms with E-state index in [-0.39, 0.29) is 19.3 Å². The molecule has 0 bridgehead atoms. The summed E-state index contributed by atoms with van der Waals surface area (Å²) in [5, 5.41) is 10.2. The maximum atomic E-state index is 11.5. The van der Waals surface area contributed by atoms with E-state index >= 15 is 0 Å². The number of hydrogen-bond acceptors (Lipinski definition) is 6. The number of nitrogens with zero attached hydrogens (tertiary/aromatic N) is 2. The van der Waals surface area contributed by atoms with Crippen LogP contribution in [0.5, 0.6) is 5.88 Å². The zero-order valence-electron chi connectivity index (χ0n) is 18.7. The minimum atomic E-state index is -0.866. The summed E-state index contributed by atoms with van der Waals surface area (Å²) >= 11 is 0. The van der Waals surface area contributed by atoms with Crippen LogP contribution in [-0.4, -0.2) is 40.4 Å². The second-order valence-electron chi connectivity index (χ2n) is 8.77. The Morgan fingerprint density at radius 3 is 2.48 bits per heavy atom. The van der Waals surface area contributed by atoms with Crippen LogP contribution in [0.2, 0.25) is 0 Å². The Bertz CT molecular complexity index is 1020. The fourth-order valence-electron chi connectivity index (χ4n) is 3.29. The number of furan rings is 1. The molecule has 2 aromatic heterocycles. The van der Waals surface area contributed by atoms with Gasteiger partial charge in [0, 0.05) is 5.56 Å². The van der Waals surface area contributed by atoms with E-state index in [2.05, 4.69) is 29.0 Å². The predicted molar refractivity (Wildman–Crippen MR) is 118 cm³/mol. The molecule has 1 aromatic carbocycles. The molecule has 0 saturated heterocycles. The Morgan fingerprint density at radius 2 is 1.87 bits per heavy atom. The van der Waals surface area contributed by atoms with Crippen LogP contribution in [-0.2, 0) is 16.0 Å². The highest BCUT2D eigenvalue weighted by atomic mass is 16.5. The number of rotatable bonds is 9. The average molecular weight is 427 g/mol. The number of carboxylic acid groups (broad SMARTS) is 1. The summed E-state index contributed by atoms with van der Waals surface area (Å²) in [4.78, 5) is 20.0. The topological polar surface area (TPSA) is 94.7 Å². The molecule has 1 N–H and O–H groups in total. The number of carbonyl (C=O) groups is 1. The van der Waals surface area contributed by atoms with Gasteiger partial charge in [0.2, 0.25) is 11.6 Å². The summed E-state index contributed by atoms with van der Waals surface area (Å²) in [7, 11) is 0. The Kier molecular flexibility index (Phi) is 6.95. The van der Waals surface area contributed by atoms with Gasteiger partial charge < -0.3 is 19.0 Å². The molecule has 0 radical (unpaired) electrons. The van der Waals surface area contributed by atoms with E-state index in [4.69, 9.17) is 13.9 Å². The van der Waals surface area contributed by atoms with Gasteiger partial charge in [-0.05, 0) is 29.9 Å². The van der Waals surface area contributed by atoms with Crippen molar-refractivity contribution < 1.29 is 23.8 Å². The van der Waals surface area contributed by atoms with Crippen molar-refractivity contribution in [2.24, 2.45) is 11.3 Å². The van der Waals surface area contributed by atoms with Crippen molar-refractivity contribution in [1.29, 1.82) is 0 Å². The van der Waals surface area contributed by atoms with Gasteiger partial charge in [-0.2, -0.15) is 0 Å². The molecular formula is C24H30N2O5. The number of carboxylic acids is 1. The van der Waals surface area contributed by atoms with Gasteiger partial charge in [0.25, 0.3) is 0 Å². The largest absolute Gasteiger partial charge is 0.481 e. The molecular weight excluding hydrogens is 396 g/mol. The third-order valence-corrected chi connectivity index (χ3v) is 5.35. The van der Waals surface area contributed by atoms with Crippen LogP contribution in [0.25, 0.3) is 22.2 Å². The quantitative estimate of drug-likeness (QED) is 0.515. The van der Waals surface area contributed by atoms with Crippen LogP contribution in [0, 0.1) is 11.3 Å². The third kappa shape index (κ3) is 5.41. The molecule has 0 saturated carbocycles. The summed E-state index contributed by atoms with van der Waals surface area (Å²) < 4.78 is 17.3. The minimum Gasteiger partial charge on any atom is -0.481 e. The van der Waals surface area contributed by atoms with Gasteiger partial charge in [-0.25, -0.2) is 9.97 Å². The second-order valence-corrected chi connectivity index (χ2v) is 8.77. The van der Waals surface area contributed by atoms with Gasteiger partial charge in [0.15, 0.2) is 0 Å². The molecule has 1 unspecified atom stereocenters. The first-order valence-electron chi connectivity index (χ1n) is 10.5. The van der Waals surface area contributed by atoms with E-state index in [0.29, 0.717) is 17.0 Å². The molecule has 3 aromatic rings. The molecule has 2 heterocycles. The average Bonchev–Trinajstić information content (AvgIpc) is 3.16. The monoisotopic (exact) mass is 426 g/mol. The highest BCUT2D eigenvalue weighted by Gasteiger charge is 2.32. The van der Waals surface area contributed by atoms with Crippen LogP contribution in [0.1, 0.15) is 40.2 Å². The number of aromatic nitrogens is 2. The number of hydrogen-bond donors (Lipinski definition) is 1. The smallest absolute Gasteiger partial charge is 0.309 e. The van der Waals surface area contributed by atoms with Gasteiger partial charge in [0.05, 0.1) is 18.6 Å². The number of fused-ring (bicyclic) bond motifs is 1. The van der Waals surface area contributed by atoms with Gasteiger partial charge in [0.1, 0.15) is 24.6 Å². The van der Waals surface area contributed by atoms with Crippen molar-refractivity contribution in [2.75, 3.05) is 13.2 Å². The van der Waals surface area contributed by atoms with Crippen molar-refractivity contribution >= 4 is 17.1 Å². The molecule has 0 spiro atoms. The maximum absolute atomic E-state index is 11.5. The Labute approximate surface area is 182 Å². The van der Waals surface area contributed by atoms with E-state index in [9.17, 15) is 9.90 Å². The number of ether oxygens (including phenoxy) is 2. The molecule has 166 valence electrons. The molecule has 0 aliphatic heterocycles. The number of aliphatic carboxylic acids is 1. The zero-order valence-corrected chi connectivity index (χ0v) is 18.7. The van der Waals surface area contributed by atoms with Gasteiger partial charge in [-0.3, -0.25) is 4.79 Å². The van der Waals surface area contributed by atoms with Crippen LogP contribution in [0.3, 0.4) is 0 Å². The standard InChI is InChI=1S/C24H30N2O5/c1-6-16-7-9-17(10-8-16)18-12-31-22-20(18)21(25-14-26-22)30-11-15(2)29-13-19(23(27)28)24(3,4)5/h7-10,12,14-15,19H,6,11,13H2,1-5H3,(H,27,28)/t15-,19?/m0/s1. The van der Waals surface area contributed by atoms with E-state index in [0.717, 1.165) is 17.5 Å². The van der Waals surface area contributed by atoms with Crippen molar-refractivity contribution in [3.63, 3.8) is 0 Å². The molecule has 0 aliphatic rings. The van der Waals surface area contributed by atoms with Crippen molar-refractivity contribution in [3.8, 4) is 17.0 Å². The fraction of sp³-hybridized carbons (Fsp3) is 0.458. The predicted octanol–water partition coefficient (Wildman–Crippen LogP) is 4.98. The first-order chi connectivity index (χ1) is 14.7. The van der Waals surface area contributed by atoms with Crippen molar-refractivity contribution in [3.05, 3.63) is 42.4 Å². The summed E-state index contributed by atoms with van der Waals surface area (Å²) in [5.41, 5.74) is 3.16. The van der Waals surface area contributed by atoms with Gasteiger partial charge >= 0.3 is 5.97 Å². The van der Waals surface area contributed by atoms with Crippen molar-refractivity contribution in [1.82, 2.24) is 9.97 Å². The molecule has 0 amide bonds. The molecule has 2 atom stereocenters. The molecule has 3 rings (SSSR count). The first-order valence-corrected chi connectivity index (χ1v) is 10.5. The lowest BCUT2D eigenvalue weighted by Gasteiger charge is -2.28. The third-order valence-electron chi connectivity index (χ3n) is 5.35. The summed E-state index contributed by atoms with van der Waals surface area (Å²) in [6.07, 6.45) is 3.72. The summed E-state index contributed by atoms with van der Waals surface area (Å²) in [5.74, 6) is -1.06. The van der Waals surface area contributed by atoms with Crippen LogP contribution in [0.4, 0.5) is 0 Å². The number of benzene rings is 1. The van der Waals surface area contributed by atoms with E-state index < -0.39 is 17.3 Å². The maximum Gasteiger partial charge on any atom is 0.309 e. The lowest BCUT2D eigenvalue weighted by atomic mass is 9.81. The minimum absolute atomic E-state index is 0.114. The molecule has 7 nitrogen and oxygen atoms in total. The van der Waals surface area contributed by atoms with Gasteiger partial charge in [-0.15, -0.1) is 0 Å². The first kappa shape index (κ1) is 22.7. The van der Waals surface area contributed by atoms with E-state index in [1.807, 2.05) is 39.8 Å². The lowest BCUT2D eigenvalue weighted by Crippen LogP contribution is -2.34. The highest BCUT2D eigenvalue weighted by molar-refractivity contribution is 5.95. The SMILES string of the molecule is CCc1ccc(-c2coc3ncnc(OC[C@H](C)OCC(C(=O)O)C(C)(C)C)c23)cc1. The Hall–Kier alpha value is -2.93. The molecule has 31 heavy (non-hydrogen) atoms. The zero-order chi connectivity index (χ0) is 22.6. The van der Waals surface area contributed by atoms with E-state index in [1.165, 1.54) is 11.9 Å². The highest BCUT2D eigenvalue weighted by Crippen LogP contribution is 2.35. The van der Waals surface area contributed by atoms with Crippen LogP contribution >= 0.6 is 0 Å². The normalized spacial score (nSPS) is 13.8. The van der Waals surface area contributed by atoms with Gasteiger partial charge in [-0.1, -0.05) is 52.0 Å². The van der Waals surface area contributed by atoms with Crippen molar-refractivity contribution in [2.45, 2.75) is 47.1 Å². The molecule has 7 heteroatoms. The Morgan fingerprint density at radius 1 is 1.16 bits per heavy atom. The summed E-state index contributed by atoms with van der Waals surface area (Å²) in [6.45, 7) is 9.97. The second kappa shape index (κ2) is 9.47. The van der Waals surface area contributed by atoms with E-state index in [1.54, 1.807) is 6.26 Å². The lowest BCUT2D eigenvalue weighted by molar-refractivity contribution is -0.149. The fourth-order valence-corrected chi connectivity index (χ4v) is 3.29. The number of aryl methyl sites for hydroxylation is 1. The van der Waals surface area contributed by atoms with Crippen LogP contribution < -0.4 is 4.74 Å². The molecule has 0 aliphatic carbocycles. The molecule has 0 fully saturated rings. The Balaban J connectivity index is 1.73. The summed E-state index contributed by atoms with van der Waals surface area (Å²) in [6, 6.07) is 8.26. The van der Waals surface area contributed by atoms with Crippen LogP contribution in [0.15, 0.2) is 41.3 Å².